The van der Waals surface area contributed by atoms with Gasteiger partial charge in [0.05, 0.1) is 7.11 Å². The van der Waals surface area contributed by atoms with Gasteiger partial charge >= 0.3 is 11.9 Å². The van der Waals surface area contributed by atoms with Crippen LogP contribution in [0.1, 0.15) is 22.1 Å². The molecule has 94 valence electrons. The van der Waals surface area contributed by atoms with Crippen LogP contribution in [0.15, 0.2) is 28.7 Å². The molecule has 0 fully saturated rings. The van der Waals surface area contributed by atoms with Crippen LogP contribution in [0.25, 0.3) is 0 Å². The molecule has 0 radical (unpaired) electrons. The van der Waals surface area contributed by atoms with Crippen molar-refractivity contribution in [3.05, 3.63) is 41.6 Å². The lowest BCUT2D eigenvalue weighted by molar-refractivity contribution is 0.0651. The summed E-state index contributed by atoms with van der Waals surface area (Å²) in [6.45, 7) is 0. The third kappa shape index (κ3) is 2.85. The van der Waals surface area contributed by atoms with E-state index in [1.165, 1.54) is 0 Å². The van der Waals surface area contributed by atoms with Crippen molar-refractivity contribution in [3.8, 4) is 5.75 Å². The molecule has 0 saturated carbocycles. The number of aromatic carboxylic acids is 1. The summed E-state index contributed by atoms with van der Waals surface area (Å²) < 4.78 is 10.1. The van der Waals surface area contributed by atoms with Crippen molar-refractivity contribution in [2.45, 2.75) is 12.8 Å². The number of carbonyl (C=O) groups is 1. The van der Waals surface area contributed by atoms with Gasteiger partial charge < -0.3 is 14.3 Å². The van der Waals surface area contributed by atoms with E-state index in [0.717, 1.165) is 11.3 Å². The molecule has 6 nitrogen and oxygen atoms in total. The van der Waals surface area contributed by atoms with E-state index in [1.807, 2.05) is 24.3 Å². The predicted molar refractivity (Wildman–Crippen MR) is 61.7 cm³/mol. The molecule has 0 bridgehead atoms. The van der Waals surface area contributed by atoms with E-state index in [9.17, 15) is 4.79 Å². The molecular formula is C12H12N2O4. The molecule has 2 aromatic rings. The van der Waals surface area contributed by atoms with Gasteiger partial charge in [0.25, 0.3) is 0 Å². The van der Waals surface area contributed by atoms with Gasteiger partial charge in [0.15, 0.2) is 0 Å². The number of aromatic nitrogens is 2. The van der Waals surface area contributed by atoms with Crippen molar-refractivity contribution in [1.82, 2.24) is 10.2 Å². The lowest BCUT2D eigenvalue weighted by atomic mass is 10.1. The van der Waals surface area contributed by atoms with Gasteiger partial charge in [0, 0.05) is 6.42 Å². The molecule has 0 saturated heterocycles. The van der Waals surface area contributed by atoms with Gasteiger partial charge in [-0.2, -0.15) is 0 Å². The smallest absolute Gasteiger partial charge is 0.393 e. The lowest BCUT2D eigenvalue weighted by Crippen LogP contribution is -1.95. The molecule has 0 spiro atoms. The maximum absolute atomic E-state index is 10.6. The van der Waals surface area contributed by atoms with Crippen LogP contribution >= 0.6 is 0 Å². The summed E-state index contributed by atoms with van der Waals surface area (Å²) in [5, 5.41) is 15.7. The minimum atomic E-state index is -1.21. The summed E-state index contributed by atoms with van der Waals surface area (Å²) in [5.74, 6) is -0.495. The molecule has 0 atom stereocenters. The lowest BCUT2D eigenvalue weighted by Gasteiger charge is -2.02. The molecule has 1 aromatic heterocycles. The Kier molecular flexibility index (Phi) is 3.57. The van der Waals surface area contributed by atoms with Gasteiger partial charge in [-0.3, -0.25) is 0 Å². The van der Waals surface area contributed by atoms with Gasteiger partial charge in [-0.25, -0.2) is 4.79 Å². The van der Waals surface area contributed by atoms with Gasteiger partial charge in [-0.1, -0.05) is 12.1 Å². The highest BCUT2D eigenvalue weighted by Crippen LogP contribution is 2.14. The van der Waals surface area contributed by atoms with Crippen LogP contribution in [0.2, 0.25) is 0 Å². The average Bonchev–Trinajstić information content (AvgIpc) is 2.85. The number of ether oxygens (including phenoxy) is 1. The van der Waals surface area contributed by atoms with Crippen LogP contribution in [0, 0.1) is 0 Å². The van der Waals surface area contributed by atoms with E-state index >= 15 is 0 Å². The first kappa shape index (κ1) is 12.1. The minimum absolute atomic E-state index is 0.315. The molecule has 1 N–H and O–H groups in total. The quantitative estimate of drug-likeness (QED) is 0.864. The molecule has 6 heteroatoms. The Morgan fingerprint density at radius 1 is 1.39 bits per heavy atom. The standard InChI is InChI=1S/C12H12N2O4/c1-17-9-4-2-3-8(7-9)5-6-10-13-14-11(18-10)12(15)16/h2-4,7H,5-6H2,1H3,(H,15,16). The van der Waals surface area contributed by atoms with E-state index in [4.69, 9.17) is 14.3 Å². The zero-order valence-electron chi connectivity index (χ0n) is 9.79. The first-order chi connectivity index (χ1) is 8.69. The second-order valence-electron chi connectivity index (χ2n) is 3.66. The molecule has 0 amide bonds. The number of nitrogens with zero attached hydrogens (tertiary/aromatic N) is 2. The van der Waals surface area contributed by atoms with Crippen molar-refractivity contribution in [2.75, 3.05) is 7.11 Å². The van der Waals surface area contributed by atoms with Crippen molar-refractivity contribution < 1.29 is 19.1 Å². The molecular weight excluding hydrogens is 236 g/mol. The monoisotopic (exact) mass is 248 g/mol. The van der Waals surface area contributed by atoms with Gasteiger partial charge in [-0.05, 0) is 24.1 Å². The Balaban J connectivity index is 1.99. The number of benzene rings is 1. The summed E-state index contributed by atoms with van der Waals surface area (Å²) >= 11 is 0. The zero-order chi connectivity index (χ0) is 13.0. The summed E-state index contributed by atoms with van der Waals surface area (Å²) in [7, 11) is 1.61. The Morgan fingerprint density at radius 2 is 2.22 bits per heavy atom. The topological polar surface area (TPSA) is 85.5 Å². The normalized spacial score (nSPS) is 10.3. The highest BCUT2D eigenvalue weighted by molar-refractivity contribution is 5.81. The van der Waals surface area contributed by atoms with Crippen LogP contribution in [0.4, 0.5) is 0 Å². The number of aryl methyl sites for hydroxylation is 2. The first-order valence-electron chi connectivity index (χ1n) is 5.37. The molecule has 18 heavy (non-hydrogen) atoms. The zero-order valence-corrected chi connectivity index (χ0v) is 9.79. The van der Waals surface area contributed by atoms with Gasteiger partial charge in [0.1, 0.15) is 5.75 Å². The number of methoxy groups -OCH3 is 1. The van der Waals surface area contributed by atoms with Crippen LogP contribution in [0.5, 0.6) is 5.75 Å². The fraction of sp³-hybridized carbons (Fsp3) is 0.250. The molecule has 0 aliphatic heterocycles. The SMILES string of the molecule is COc1cccc(CCc2nnc(C(=O)O)o2)c1. The van der Waals surface area contributed by atoms with E-state index < -0.39 is 5.97 Å². The molecule has 0 aliphatic carbocycles. The molecule has 1 aromatic carbocycles. The number of carboxylic acid groups (broad SMARTS) is 1. The van der Waals surface area contributed by atoms with Gasteiger partial charge in [-0.15, -0.1) is 10.2 Å². The third-order valence-corrected chi connectivity index (χ3v) is 2.41. The maximum Gasteiger partial charge on any atom is 0.393 e. The average molecular weight is 248 g/mol. The highest BCUT2D eigenvalue weighted by atomic mass is 16.5. The van der Waals surface area contributed by atoms with Crippen molar-refractivity contribution in [1.29, 1.82) is 0 Å². The molecule has 1 heterocycles. The van der Waals surface area contributed by atoms with Crippen LogP contribution in [0.3, 0.4) is 0 Å². The summed E-state index contributed by atoms with van der Waals surface area (Å²) in [6.07, 6.45) is 1.17. The molecule has 0 aliphatic rings. The number of carboxylic acids is 1. The van der Waals surface area contributed by atoms with Crippen LogP contribution < -0.4 is 4.74 Å². The largest absolute Gasteiger partial charge is 0.497 e. The minimum Gasteiger partial charge on any atom is -0.497 e. The van der Waals surface area contributed by atoms with E-state index in [1.54, 1.807) is 7.11 Å². The van der Waals surface area contributed by atoms with E-state index in [2.05, 4.69) is 10.2 Å². The second kappa shape index (κ2) is 5.31. The van der Waals surface area contributed by atoms with Crippen molar-refractivity contribution >= 4 is 5.97 Å². The van der Waals surface area contributed by atoms with E-state index in [-0.39, 0.29) is 5.89 Å². The van der Waals surface area contributed by atoms with Crippen LogP contribution in [-0.4, -0.2) is 28.4 Å². The van der Waals surface area contributed by atoms with E-state index in [0.29, 0.717) is 18.7 Å². The third-order valence-electron chi connectivity index (χ3n) is 2.41. The Labute approximate surface area is 103 Å². The van der Waals surface area contributed by atoms with Crippen LogP contribution in [-0.2, 0) is 12.8 Å². The second-order valence-corrected chi connectivity index (χ2v) is 3.66. The fourth-order valence-electron chi connectivity index (χ4n) is 1.52. The predicted octanol–water partition coefficient (Wildman–Crippen LogP) is 1.56. The maximum atomic E-state index is 10.6. The first-order valence-corrected chi connectivity index (χ1v) is 5.37. The Bertz CT molecular complexity index is 551. The van der Waals surface area contributed by atoms with Crippen molar-refractivity contribution in [3.63, 3.8) is 0 Å². The summed E-state index contributed by atoms with van der Waals surface area (Å²) in [5.41, 5.74) is 1.06. The summed E-state index contributed by atoms with van der Waals surface area (Å²) in [4.78, 5) is 10.6. The molecule has 0 unspecified atom stereocenters. The number of hydrogen-bond acceptors (Lipinski definition) is 5. The highest BCUT2D eigenvalue weighted by Gasteiger charge is 2.12. The fourth-order valence-corrected chi connectivity index (χ4v) is 1.52. The molecule has 2 rings (SSSR count). The van der Waals surface area contributed by atoms with Gasteiger partial charge in [0.2, 0.25) is 5.89 Å². The Morgan fingerprint density at radius 3 is 2.89 bits per heavy atom. The van der Waals surface area contributed by atoms with Crippen molar-refractivity contribution in [2.24, 2.45) is 0 Å². The Hall–Kier alpha value is -2.37. The number of hydrogen-bond donors (Lipinski definition) is 1. The number of rotatable bonds is 5. The summed E-state index contributed by atoms with van der Waals surface area (Å²) in [6, 6.07) is 7.62.